The molecule has 2 amide bonds. The van der Waals surface area contributed by atoms with E-state index in [2.05, 4.69) is 5.32 Å². The van der Waals surface area contributed by atoms with Crippen LogP contribution in [-0.4, -0.2) is 24.1 Å². The molecular weight excluding hydrogens is 142 g/mol. The standard InChI is InChI=1S/C7H17N3O/c1-3-5-9-7(11)10(8)6-4-2/h3-6,8H2,1-2H3,(H,9,11). The Balaban J connectivity index is 3.47. The number of urea groups is 1. The number of carbonyl (C=O) groups excluding carboxylic acids is 1. The highest BCUT2D eigenvalue weighted by Crippen LogP contribution is 1.83. The van der Waals surface area contributed by atoms with Crippen LogP contribution < -0.4 is 11.2 Å². The van der Waals surface area contributed by atoms with Crippen molar-refractivity contribution in [2.24, 2.45) is 5.84 Å². The Labute approximate surface area is 67.7 Å². The van der Waals surface area contributed by atoms with E-state index in [1.165, 1.54) is 5.01 Å². The van der Waals surface area contributed by atoms with Crippen LogP contribution in [0, 0.1) is 0 Å². The summed E-state index contributed by atoms with van der Waals surface area (Å²) in [6.45, 7) is 5.28. The predicted octanol–water partition coefficient (Wildman–Crippen LogP) is 0.692. The minimum Gasteiger partial charge on any atom is -0.337 e. The summed E-state index contributed by atoms with van der Waals surface area (Å²) in [5.41, 5.74) is 0. The molecule has 4 heteroatoms. The lowest BCUT2D eigenvalue weighted by Gasteiger charge is -2.15. The minimum atomic E-state index is -0.186. The van der Waals surface area contributed by atoms with Crippen molar-refractivity contribution in [2.45, 2.75) is 26.7 Å². The number of hydrazine groups is 1. The Kier molecular flexibility index (Phi) is 5.56. The number of hydrogen-bond acceptors (Lipinski definition) is 2. The fourth-order valence-electron chi connectivity index (χ4n) is 0.676. The first-order chi connectivity index (χ1) is 5.22. The fraction of sp³-hybridized carbons (Fsp3) is 0.857. The summed E-state index contributed by atoms with van der Waals surface area (Å²) in [5.74, 6) is 5.39. The highest BCUT2D eigenvalue weighted by molar-refractivity contribution is 5.73. The molecule has 0 atom stereocenters. The lowest BCUT2D eigenvalue weighted by Crippen LogP contribution is -2.45. The Morgan fingerprint density at radius 1 is 1.45 bits per heavy atom. The molecule has 0 fully saturated rings. The lowest BCUT2D eigenvalue weighted by atomic mass is 10.4. The highest BCUT2D eigenvalue weighted by atomic mass is 16.2. The molecule has 66 valence electrons. The minimum absolute atomic E-state index is 0.186. The molecular formula is C7H17N3O. The molecule has 0 aliphatic rings. The van der Waals surface area contributed by atoms with E-state index in [0.29, 0.717) is 13.1 Å². The Hall–Kier alpha value is -0.770. The van der Waals surface area contributed by atoms with Gasteiger partial charge in [-0.2, -0.15) is 0 Å². The van der Waals surface area contributed by atoms with Gasteiger partial charge in [0.25, 0.3) is 0 Å². The smallest absolute Gasteiger partial charge is 0.331 e. The molecule has 4 nitrogen and oxygen atoms in total. The summed E-state index contributed by atoms with van der Waals surface area (Å²) >= 11 is 0. The third-order valence-electron chi connectivity index (χ3n) is 1.25. The molecule has 11 heavy (non-hydrogen) atoms. The molecule has 0 bridgehead atoms. The number of rotatable bonds is 4. The van der Waals surface area contributed by atoms with Crippen LogP contribution in [0.2, 0.25) is 0 Å². The van der Waals surface area contributed by atoms with Crippen molar-refractivity contribution in [3.8, 4) is 0 Å². The summed E-state index contributed by atoms with van der Waals surface area (Å²) in [4.78, 5) is 11.0. The van der Waals surface area contributed by atoms with Crippen LogP contribution in [0.25, 0.3) is 0 Å². The van der Waals surface area contributed by atoms with Crippen molar-refractivity contribution >= 4 is 6.03 Å². The van der Waals surface area contributed by atoms with Gasteiger partial charge in [0.05, 0.1) is 0 Å². The molecule has 0 aromatic carbocycles. The van der Waals surface area contributed by atoms with Crippen molar-refractivity contribution in [1.29, 1.82) is 0 Å². The quantitative estimate of drug-likeness (QED) is 0.360. The van der Waals surface area contributed by atoms with Crippen LogP contribution in [0.1, 0.15) is 26.7 Å². The first kappa shape index (κ1) is 10.2. The van der Waals surface area contributed by atoms with Crippen molar-refractivity contribution in [1.82, 2.24) is 10.3 Å². The summed E-state index contributed by atoms with van der Waals surface area (Å²) < 4.78 is 0. The van der Waals surface area contributed by atoms with Gasteiger partial charge >= 0.3 is 6.03 Å². The van der Waals surface area contributed by atoms with Crippen LogP contribution in [-0.2, 0) is 0 Å². The molecule has 0 saturated carbocycles. The highest BCUT2D eigenvalue weighted by Gasteiger charge is 2.04. The Bertz CT molecular complexity index is 116. The second-order valence-corrected chi connectivity index (χ2v) is 2.43. The molecule has 0 spiro atoms. The van der Waals surface area contributed by atoms with Crippen LogP contribution >= 0.6 is 0 Å². The number of nitrogens with two attached hydrogens (primary N) is 1. The van der Waals surface area contributed by atoms with E-state index >= 15 is 0 Å². The SMILES string of the molecule is CCCNC(=O)N(N)CCC. The van der Waals surface area contributed by atoms with Crippen LogP contribution in [0.4, 0.5) is 4.79 Å². The van der Waals surface area contributed by atoms with E-state index < -0.39 is 0 Å². The van der Waals surface area contributed by atoms with Gasteiger partial charge in [-0.25, -0.2) is 10.6 Å². The van der Waals surface area contributed by atoms with Crippen molar-refractivity contribution in [3.63, 3.8) is 0 Å². The third-order valence-corrected chi connectivity index (χ3v) is 1.25. The molecule has 0 saturated heterocycles. The number of amides is 2. The number of hydrogen-bond donors (Lipinski definition) is 2. The summed E-state index contributed by atoms with van der Waals surface area (Å²) in [6.07, 6.45) is 1.82. The normalized spacial score (nSPS) is 9.36. The zero-order valence-electron chi connectivity index (χ0n) is 7.26. The van der Waals surface area contributed by atoms with Crippen LogP contribution in [0.3, 0.4) is 0 Å². The number of nitrogens with one attached hydrogen (secondary N) is 1. The molecule has 0 rings (SSSR count). The summed E-state index contributed by atoms with van der Waals surface area (Å²) in [6, 6.07) is -0.186. The van der Waals surface area contributed by atoms with Gasteiger partial charge in [0.2, 0.25) is 0 Å². The molecule has 0 aliphatic heterocycles. The molecule has 0 unspecified atom stereocenters. The lowest BCUT2D eigenvalue weighted by molar-refractivity contribution is 0.199. The van der Waals surface area contributed by atoms with Gasteiger partial charge in [0.15, 0.2) is 0 Å². The fourth-order valence-corrected chi connectivity index (χ4v) is 0.676. The van der Waals surface area contributed by atoms with Gasteiger partial charge in [-0.05, 0) is 12.8 Å². The molecule has 0 aromatic heterocycles. The molecule has 0 radical (unpaired) electrons. The second-order valence-electron chi connectivity index (χ2n) is 2.43. The number of carbonyl (C=O) groups is 1. The van der Waals surface area contributed by atoms with E-state index in [-0.39, 0.29) is 6.03 Å². The van der Waals surface area contributed by atoms with Gasteiger partial charge < -0.3 is 5.32 Å². The summed E-state index contributed by atoms with van der Waals surface area (Å²) in [7, 11) is 0. The molecule has 0 aromatic rings. The average Bonchev–Trinajstić information content (AvgIpc) is 2.00. The van der Waals surface area contributed by atoms with Gasteiger partial charge in [-0.3, -0.25) is 5.01 Å². The monoisotopic (exact) mass is 159 g/mol. The topological polar surface area (TPSA) is 58.4 Å². The average molecular weight is 159 g/mol. The number of nitrogens with zero attached hydrogens (tertiary/aromatic N) is 1. The largest absolute Gasteiger partial charge is 0.337 e. The Morgan fingerprint density at radius 3 is 2.55 bits per heavy atom. The maximum absolute atomic E-state index is 11.0. The van der Waals surface area contributed by atoms with Crippen molar-refractivity contribution in [3.05, 3.63) is 0 Å². The molecule has 3 N–H and O–H groups in total. The van der Waals surface area contributed by atoms with Crippen LogP contribution in [0.15, 0.2) is 0 Å². The predicted molar refractivity (Wildman–Crippen MR) is 44.9 cm³/mol. The van der Waals surface area contributed by atoms with E-state index in [1.54, 1.807) is 0 Å². The van der Waals surface area contributed by atoms with Gasteiger partial charge in [0, 0.05) is 13.1 Å². The van der Waals surface area contributed by atoms with Gasteiger partial charge in [-0.1, -0.05) is 13.8 Å². The summed E-state index contributed by atoms with van der Waals surface area (Å²) in [5, 5.41) is 3.88. The maximum Gasteiger partial charge on any atom is 0.331 e. The molecule has 0 heterocycles. The van der Waals surface area contributed by atoms with E-state index in [1.807, 2.05) is 13.8 Å². The first-order valence-corrected chi connectivity index (χ1v) is 4.02. The maximum atomic E-state index is 11.0. The van der Waals surface area contributed by atoms with E-state index in [9.17, 15) is 4.79 Å². The first-order valence-electron chi connectivity index (χ1n) is 4.02. The van der Waals surface area contributed by atoms with Crippen molar-refractivity contribution < 1.29 is 4.79 Å². The van der Waals surface area contributed by atoms with E-state index in [0.717, 1.165) is 12.8 Å². The van der Waals surface area contributed by atoms with Gasteiger partial charge in [-0.15, -0.1) is 0 Å². The zero-order chi connectivity index (χ0) is 8.69. The molecule has 0 aliphatic carbocycles. The van der Waals surface area contributed by atoms with Crippen LogP contribution in [0.5, 0.6) is 0 Å². The van der Waals surface area contributed by atoms with Crippen molar-refractivity contribution in [2.75, 3.05) is 13.1 Å². The Morgan fingerprint density at radius 2 is 2.09 bits per heavy atom. The second kappa shape index (κ2) is 5.97. The zero-order valence-corrected chi connectivity index (χ0v) is 7.26. The van der Waals surface area contributed by atoms with E-state index in [4.69, 9.17) is 5.84 Å². The third kappa shape index (κ3) is 4.61. The van der Waals surface area contributed by atoms with Gasteiger partial charge in [0.1, 0.15) is 0 Å².